The highest BCUT2D eigenvalue weighted by molar-refractivity contribution is 6.33. The van der Waals surface area contributed by atoms with Crippen molar-refractivity contribution < 1.29 is 19.2 Å². The maximum atomic E-state index is 11.8. The molecule has 0 aromatic heterocycles. The molecule has 0 aliphatic heterocycles. The number of carbonyl (C=O) groups excluding carboxylic acids is 2. The number of ether oxygens (including phenoxy) is 1. The van der Waals surface area contributed by atoms with Gasteiger partial charge in [-0.3, -0.25) is 19.7 Å². The number of esters is 1. The van der Waals surface area contributed by atoms with Gasteiger partial charge in [0, 0.05) is 25.1 Å². The lowest BCUT2D eigenvalue weighted by Crippen LogP contribution is -2.25. The van der Waals surface area contributed by atoms with Crippen LogP contribution in [0.25, 0.3) is 0 Å². The van der Waals surface area contributed by atoms with Crippen LogP contribution in [0.15, 0.2) is 18.2 Å². The fourth-order valence-electron chi connectivity index (χ4n) is 1.43. The number of benzene rings is 1. The number of hydrogen-bond acceptors (Lipinski definition) is 5. The predicted molar refractivity (Wildman–Crippen MR) is 71.7 cm³/mol. The second-order valence-corrected chi connectivity index (χ2v) is 4.26. The molecule has 0 spiro atoms. The first-order chi connectivity index (χ1) is 9.45. The second kappa shape index (κ2) is 7.44. The summed E-state index contributed by atoms with van der Waals surface area (Å²) in [5, 5.41) is 13.3. The maximum Gasteiger partial charge on any atom is 0.305 e. The molecule has 7 nitrogen and oxygen atoms in total. The van der Waals surface area contributed by atoms with Gasteiger partial charge in [-0.25, -0.2) is 0 Å². The number of methoxy groups -OCH3 is 1. The molecule has 0 aliphatic rings. The summed E-state index contributed by atoms with van der Waals surface area (Å²) in [4.78, 5) is 32.7. The summed E-state index contributed by atoms with van der Waals surface area (Å²) >= 11 is 5.82. The van der Waals surface area contributed by atoms with Gasteiger partial charge in [0.05, 0.1) is 22.6 Å². The zero-order chi connectivity index (χ0) is 15.1. The highest BCUT2D eigenvalue weighted by Crippen LogP contribution is 2.21. The molecule has 0 bridgehead atoms. The Morgan fingerprint density at radius 3 is 2.75 bits per heavy atom. The minimum absolute atomic E-state index is 0.0268. The number of rotatable bonds is 6. The van der Waals surface area contributed by atoms with Crippen LogP contribution >= 0.6 is 11.6 Å². The average Bonchev–Trinajstić information content (AvgIpc) is 2.43. The maximum absolute atomic E-state index is 11.8. The Hall–Kier alpha value is -2.15. The SMILES string of the molecule is COC(=O)CCCNC(=O)c1cc([N+](=O)[O-])ccc1Cl. The molecule has 0 unspecified atom stereocenters. The van der Waals surface area contributed by atoms with E-state index in [0.29, 0.717) is 6.42 Å². The van der Waals surface area contributed by atoms with Gasteiger partial charge in [0.15, 0.2) is 0 Å². The Balaban J connectivity index is 2.61. The van der Waals surface area contributed by atoms with Crippen LogP contribution in [0.4, 0.5) is 5.69 Å². The highest BCUT2D eigenvalue weighted by Gasteiger charge is 2.15. The lowest BCUT2D eigenvalue weighted by Gasteiger charge is -2.06. The van der Waals surface area contributed by atoms with Gasteiger partial charge in [0.1, 0.15) is 0 Å². The standard InChI is InChI=1S/C12H13ClN2O5/c1-20-11(16)3-2-6-14-12(17)9-7-8(15(18)19)4-5-10(9)13/h4-5,7H,2-3,6H2,1H3,(H,14,17). The number of nitro groups is 1. The average molecular weight is 301 g/mol. The molecule has 0 radical (unpaired) electrons. The van der Waals surface area contributed by atoms with E-state index < -0.39 is 10.8 Å². The van der Waals surface area contributed by atoms with E-state index in [1.54, 1.807) is 0 Å². The number of amides is 1. The summed E-state index contributed by atoms with van der Waals surface area (Å²) in [6.07, 6.45) is 0.588. The third-order valence-corrected chi connectivity index (χ3v) is 2.81. The van der Waals surface area contributed by atoms with Crippen molar-refractivity contribution in [1.82, 2.24) is 5.32 Å². The summed E-state index contributed by atoms with van der Waals surface area (Å²) in [7, 11) is 1.28. The van der Waals surface area contributed by atoms with Crippen molar-refractivity contribution in [1.29, 1.82) is 0 Å². The first kappa shape index (κ1) is 15.9. The Labute approximate surface area is 120 Å². The normalized spacial score (nSPS) is 9.90. The van der Waals surface area contributed by atoms with E-state index in [-0.39, 0.29) is 35.2 Å². The van der Waals surface area contributed by atoms with Gasteiger partial charge < -0.3 is 10.1 Å². The van der Waals surface area contributed by atoms with Gasteiger partial charge in [-0.1, -0.05) is 11.6 Å². The smallest absolute Gasteiger partial charge is 0.305 e. The van der Waals surface area contributed by atoms with E-state index >= 15 is 0 Å². The molecule has 0 saturated heterocycles. The molecule has 20 heavy (non-hydrogen) atoms. The lowest BCUT2D eigenvalue weighted by atomic mass is 10.2. The molecule has 0 fully saturated rings. The number of nitrogens with one attached hydrogen (secondary N) is 1. The topological polar surface area (TPSA) is 98.5 Å². The van der Waals surface area contributed by atoms with Gasteiger partial charge in [-0.05, 0) is 12.5 Å². The number of nitro benzene ring substituents is 1. The van der Waals surface area contributed by atoms with Crippen LogP contribution in [0.2, 0.25) is 5.02 Å². The summed E-state index contributed by atoms with van der Waals surface area (Å²) in [6, 6.07) is 3.62. The third kappa shape index (κ3) is 4.51. The number of hydrogen-bond donors (Lipinski definition) is 1. The van der Waals surface area contributed by atoms with Crippen LogP contribution in [0.1, 0.15) is 23.2 Å². The van der Waals surface area contributed by atoms with Crippen LogP contribution in [-0.4, -0.2) is 30.5 Å². The molecule has 0 heterocycles. The van der Waals surface area contributed by atoms with Crippen LogP contribution in [-0.2, 0) is 9.53 Å². The molecule has 0 atom stereocenters. The van der Waals surface area contributed by atoms with Crippen molar-refractivity contribution in [3.63, 3.8) is 0 Å². The molecule has 0 saturated carbocycles. The zero-order valence-electron chi connectivity index (χ0n) is 10.7. The number of non-ortho nitro benzene ring substituents is 1. The summed E-state index contributed by atoms with van der Waals surface area (Å²) in [5.41, 5.74) is -0.187. The molecule has 1 aromatic carbocycles. The van der Waals surface area contributed by atoms with Crippen molar-refractivity contribution in [2.24, 2.45) is 0 Å². The van der Waals surface area contributed by atoms with Crippen LogP contribution in [0.3, 0.4) is 0 Å². The molecule has 8 heteroatoms. The van der Waals surface area contributed by atoms with E-state index in [0.717, 1.165) is 6.07 Å². The van der Waals surface area contributed by atoms with Gasteiger partial charge in [-0.2, -0.15) is 0 Å². The Bertz CT molecular complexity index is 533. The van der Waals surface area contributed by atoms with Gasteiger partial charge in [0.25, 0.3) is 11.6 Å². The Kier molecular flexibility index (Phi) is 5.92. The van der Waals surface area contributed by atoms with E-state index in [9.17, 15) is 19.7 Å². The van der Waals surface area contributed by atoms with Crippen LogP contribution in [0, 0.1) is 10.1 Å². The first-order valence-corrected chi connectivity index (χ1v) is 6.12. The van der Waals surface area contributed by atoms with E-state index in [1.165, 1.54) is 19.2 Å². The van der Waals surface area contributed by atoms with Gasteiger partial charge >= 0.3 is 5.97 Å². The fraction of sp³-hybridized carbons (Fsp3) is 0.333. The highest BCUT2D eigenvalue weighted by atomic mass is 35.5. The molecule has 0 aliphatic carbocycles. The number of halogens is 1. The third-order valence-electron chi connectivity index (χ3n) is 2.48. The fourth-order valence-corrected chi connectivity index (χ4v) is 1.64. The van der Waals surface area contributed by atoms with Crippen LogP contribution in [0.5, 0.6) is 0 Å². The Morgan fingerprint density at radius 2 is 2.15 bits per heavy atom. The van der Waals surface area contributed by atoms with Crippen molar-refractivity contribution in [3.8, 4) is 0 Å². The van der Waals surface area contributed by atoms with Crippen molar-refractivity contribution in [3.05, 3.63) is 38.9 Å². The monoisotopic (exact) mass is 300 g/mol. The number of carbonyl (C=O) groups is 2. The van der Waals surface area contributed by atoms with E-state index in [2.05, 4.69) is 10.1 Å². The second-order valence-electron chi connectivity index (χ2n) is 3.86. The first-order valence-electron chi connectivity index (χ1n) is 5.74. The zero-order valence-corrected chi connectivity index (χ0v) is 11.5. The Morgan fingerprint density at radius 1 is 1.45 bits per heavy atom. The van der Waals surface area contributed by atoms with Crippen molar-refractivity contribution >= 4 is 29.2 Å². The minimum atomic E-state index is -0.607. The molecular formula is C12H13ClN2O5. The quantitative estimate of drug-likeness (QED) is 0.374. The predicted octanol–water partition coefficient (Wildman–Crippen LogP) is 1.93. The minimum Gasteiger partial charge on any atom is -0.469 e. The summed E-state index contributed by atoms with van der Waals surface area (Å²) < 4.78 is 4.46. The van der Waals surface area contributed by atoms with E-state index in [4.69, 9.17) is 11.6 Å². The number of nitrogens with zero attached hydrogens (tertiary/aromatic N) is 1. The summed E-state index contributed by atoms with van der Waals surface area (Å²) in [5.74, 6) is -0.892. The molecule has 1 rings (SSSR count). The van der Waals surface area contributed by atoms with Crippen LogP contribution < -0.4 is 5.32 Å². The van der Waals surface area contributed by atoms with Gasteiger partial charge in [-0.15, -0.1) is 0 Å². The van der Waals surface area contributed by atoms with Crippen molar-refractivity contribution in [2.45, 2.75) is 12.8 Å². The molecule has 108 valence electrons. The molecule has 1 N–H and O–H groups in total. The van der Waals surface area contributed by atoms with Gasteiger partial charge in [0.2, 0.25) is 0 Å². The summed E-state index contributed by atoms with van der Waals surface area (Å²) in [6.45, 7) is 0.243. The van der Waals surface area contributed by atoms with Crippen molar-refractivity contribution in [2.75, 3.05) is 13.7 Å². The molecule has 1 amide bonds. The molecular weight excluding hydrogens is 288 g/mol. The largest absolute Gasteiger partial charge is 0.469 e. The molecule has 1 aromatic rings. The lowest BCUT2D eigenvalue weighted by molar-refractivity contribution is -0.384. The van der Waals surface area contributed by atoms with E-state index in [1.807, 2.05) is 0 Å².